The number of rotatable bonds is 7. The molecule has 4 aliphatic rings. The van der Waals surface area contributed by atoms with E-state index in [9.17, 15) is 14.4 Å². The van der Waals surface area contributed by atoms with Gasteiger partial charge in [0.15, 0.2) is 0 Å². The highest BCUT2D eigenvalue weighted by Gasteiger charge is 2.53. The van der Waals surface area contributed by atoms with Gasteiger partial charge in [0, 0.05) is 42.0 Å². The van der Waals surface area contributed by atoms with Gasteiger partial charge >= 0.3 is 0 Å². The number of nitrogens with two attached hydrogens (primary N) is 1. The van der Waals surface area contributed by atoms with Gasteiger partial charge in [-0.15, -0.1) is 0 Å². The van der Waals surface area contributed by atoms with Crippen molar-refractivity contribution in [3.63, 3.8) is 0 Å². The van der Waals surface area contributed by atoms with E-state index in [1.165, 1.54) is 17.5 Å². The van der Waals surface area contributed by atoms with Crippen molar-refractivity contribution in [2.75, 3.05) is 13.1 Å². The molecule has 1 saturated heterocycles. The summed E-state index contributed by atoms with van der Waals surface area (Å²) < 4.78 is 0. The molecule has 5 atom stereocenters. The average Bonchev–Trinajstić information content (AvgIpc) is 3.57. The summed E-state index contributed by atoms with van der Waals surface area (Å²) in [6, 6.07) is 14.8. The maximum Gasteiger partial charge on any atom is 0.245 e. The van der Waals surface area contributed by atoms with E-state index in [4.69, 9.17) is 17.3 Å². The number of carbonyl (C=O) groups excluding carboxylic acids is 3. The number of hydrogen-bond acceptors (Lipinski definition) is 4. The average molecular weight is 633 g/mol. The first-order chi connectivity index (χ1) is 21.5. The SMILES string of the molecule is CC(C)(C)NC(=O)C1(C2CCCCC2)CCN(C(=O)[C@@H](Cc2ccc(Cl)cc2)NC(=O)C2C3CC(c4ccccc43)C2N)CC1. The zero-order valence-electron chi connectivity index (χ0n) is 27.0. The van der Waals surface area contributed by atoms with Gasteiger partial charge in [-0.1, -0.05) is 67.3 Å². The minimum absolute atomic E-state index is 0.0694. The van der Waals surface area contributed by atoms with Gasteiger partial charge in [0.05, 0.1) is 11.3 Å². The molecule has 1 heterocycles. The lowest BCUT2D eigenvalue weighted by molar-refractivity contribution is -0.147. The molecule has 1 aliphatic heterocycles. The molecule has 242 valence electrons. The summed E-state index contributed by atoms with van der Waals surface area (Å²) in [6.45, 7) is 7.09. The lowest BCUT2D eigenvalue weighted by Crippen LogP contribution is -2.59. The zero-order chi connectivity index (χ0) is 31.9. The Bertz CT molecular complexity index is 1410. The topological polar surface area (TPSA) is 105 Å². The summed E-state index contributed by atoms with van der Waals surface area (Å²) >= 11 is 6.16. The normalized spacial score (nSPS) is 26.6. The van der Waals surface area contributed by atoms with Crippen molar-refractivity contribution in [2.24, 2.45) is 23.0 Å². The number of carbonyl (C=O) groups is 3. The predicted molar refractivity (Wildman–Crippen MR) is 178 cm³/mol. The van der Waals surface area contributed by atoms with Crippen LogP contribution in [0.4, 0.5) is 0 Å². The van der Waals surface area contributed by atoms with E-state index in [0.717, 1.165) is 37.7 Å². The molecule has 6 rings (SSSR count). The van der Waals surface area contributed by atoms with Crippen LogP contribution >= 0.6 is 11.6 Å². The van der Waals surface area contributed by atoms with Gasteiger partial charge in [0.25, 0.3) is 0 Å². The lowest BCUT2D eigenvalue weighted by atomic mass is 9.63. The minimum Gasteiger partial charge on any atom is -0.351 e. The van der Waals surface area contributed by atoms with E-state index in [0.29, 0.717) is 43.3 Å². The maximum absolute atomic E-state index is 14.3. The van der Waals surface area contributed by atoms with Crippen molar-refractivity contribution >= 4 is 29.3 Å². The summed E-state index contributed by atoms with van der Waals surface area (Å²) in [5.41, 5.74) is 9.33. The molecule has 0 radical (unpaired) electrons. The van der Waals surface area contributed by atoms with Crippen LogP contribution in [0.5, 0.6) is 0 Å². The molecule has 2 aromatic carbocycles. The van der Waals surface area contributed by atoms with Crippen molar-refractivity contribution in [2.45, 2.75) is 108 Å². The Morgan fingerprint density at radius 3 is 2.20 bits per heavy atom. The molecular formula is C37H49ClN4O3. The maximum atomic E-state index is 14.3. The Morgan fingerprint density at radius 2 is 1.58 bits per heavy atom. The third kappa shape index (κ3) is 6.40. The summed E-state index contributed by atoms with van der Waals surface area (Å²) in [5, 5.41) is 7.10. The first kappa shape index (κ1) is 32.1. The molecule has 4 N–H and O–H groups in total. The van der Waals surface area contributed by atoms with Crippen molar-refractivity contribution in [3.05, 3.63) is 70.2 Å². The molecule has 0 spiro atoms. The molecule has 7 nitrogen and oxygen atoms in total. The van der Waals surface area contributed by atoms with E-state index < -0.39 is 11.5 Å². The monoisotopic (exact) mass is 632 g/mol. The third-order valence-corrected chi connectivity index (χ3v) is 11.4. The van der Waals surface area contributed by atoms with Gasteiger partial charge in [-0.05, 0) is 93.5 Å². The Balaban J connectivity index is 1.21. The Morgan fingerprint density at radius 1 is 0.956 bits per heavy atom. The van der Waals surface area contributed by atoms with E-state index in [1.807, 2.05) is 62.1 Å². The molecule has 2 aromatic rings. The number of amides is 3. The summed E-state index contributed by atoms with van der Waals surface area (Å²) in [5.74, 6) is 0.0929. The molecular weight excluding hydrogens is 584 g/mol. The van der Waals surface area contributed by atoms with Gasteiger partial charge in [-0.25, -0.2) is 0 Å². The largest absolute Gasteiger partial charge is 0.351 e. The second-order valence-electron chi connectivity index (χ2n) is 15.1. The fourth-order valence-corrected chi connectivity index (χ4v) is 9.03. The second kappa shape index (κ2) is 12.7. The standard InChI is InChI=1S/C37H49ClN4O3/c1-36(2,3)41-35(45)37(24-9-5-4-6-10-24)17-19-42(20-18-37)34(44)30(21-23-13-15-25(38)16-14-23)40-33(43)31-28-22-29(32(31)39)27-12-8-7-11-26(27)28/h7-8,11-16,24,28-32H,4-6,9-10,17-22,39H2,1-3H3,(H,40,43)(H,41,45)/t28?,29?,30-,31?,32?/m1/s1. The van der Waals surface area contributed by atoms with Crippen molar-refractivity contribution in [3.8, 4) is 0 Å². The predicted octanol–water partition coefficient (Wildman–Crippen LogP) is 5.70. The van der Waals surface area contributed by atoms with Gasteiger partial charge in [0.2, 0.25) is 17.7 Å². The first-order valence-corrected chi connectivity index (χ1v) is 17.4. The van der Waals surface area contributed by atoms with Crippen molar-refractivity contribution in [1.82, 2.24) is 15.5 Å². The molecule has 45 heavy (non-hydrogen) atoms. The molecule has 3 aliphatic carbocycles. The third-order valence-electron chi connectivity index (χ3n) is 11.2. The van der Waals surface area contributed by atoms with Crippen LogP contribution in [-0.4, -0.2) is 53.3 Å². The fourth-order valence-electron chi connectivity index (χ4n) is 8.91. The number of hydrogen-bond donors (Lipinski definition) is 3. The summed E-state index contributed by atoms with van der Waals surface area (Å²) in [7, 11) is 0. The van der Waals surface area contributed by atoms with Crippen LogP contribution in [0.15, 0.2) is 48.5 Å². The van der Waals surface area contributed by atoms with Crippen LogP contribution in [0.1, 0.15) is 101 Å². The number of benzene rings is 2. The lowest BCUT2D eigenvalue weighted by Gasteiger charge is -2.48. The number of halogens is 1. The smallest absolute Gasteiger partial charge is 0.245 e. The number of nitrogens with one attached hydrogen (secondary N) is 2. The molecule has 8 heteroatoms. The van der Waals surface area contributed by atoms with E-state index in [2.05, 4.69) is 22.8 Å². The zero-order valence-corrected chi connectivity index (χ0v) is 27.7. The molecule has 0 aromatic heterocycles. The summed E-state index contributed by atoms with van der Waals surface area (Å²) in [6.07, 6.45) is 8.18. The summed E-state index contributed by atoms with van der Waals surface area (Å²) in [4.78, 5) is 44.1. The Kier molecular flexibility index (Phi) is 9.06. The molecule has 2 bridgehead atoms. The number of piperidine rings is 1. The molecule has 4 unspecified atom stereocenters. The fraction of sp³-hybridized carbons (Fsp3) is 0.595. The highest BCUT2D eigenvalue weighted by atomic mass is 35.5. The van der Waals surface area contributed by atoms with Gasteiger partial charge in [0.1, 0.15) is 6.04 Å². The van der Waals surface area contributed by atoms with E-state index in [-0.39, 0.29) is 47.1 Å². The second-order valence-corrected chi connectivity index (χ2v) is 15.5. The number of fused-ring (bicyclic) bond motifs is 5. The van der Waals surface area contributed by atoms with Crippen LogP contribution in [0, 0.1) is 17.3 Å². The Hall–Kier alpha value is -2.90. The molecule has 3 fully saturated rings. The van der Waals surface area contributed by atoms with E-state index >= 15 is 0 Å². The van der Waals surface area contributed by atoms with Crippen molar-refractivity contribution < 1.29 is 14.4 Å². The number of nitrogens with zero attached hydrogens (tertiary/aromatic N) is 1. The highest BCUT2D eigenvalue weighted by molar-refractivity contribution is 6.30. The molecule has 2 saturated carbocycles. The van der Waals surface area contributed by atoms with Gasteiger partial charge < -0.3 is 21.3 Å². The minimum atomic E-state index is -0.731. The van der Waals surface area contributed by atoms with Gasteiger partial charge in [-0.2, -0.15) is 0 Å². The van der Waals surface area contributed by atoms with E-state index in [1.54, 1.807) is 0 Å². The van der Waals surface area contributed by atoms with Crippen LogP contribution in [0.25, 0.3) is 0 Å². The van der Waals surface area contributed by atoms with Crippen LogP contribution < -0.4 is 16.4 Å². The Labute approximate surface area is 273 Å². The number of likely N-dealkylation sites (tertiary alicyclic amines) is 1. The van der Waals surface area contributed by atoms with Crippen LogP contribution in [0.3, 0.4) is 0 Å². The van der Waals surface area contributed by atoms with Crippen LogP contribution in [-0.2, 0) is 20.8 Å². The quantitative estimate of drug-likeness (QED) is 0.364. The highest BCUT2D eigenvalue weighted by Crippen LogP contribution is 2.55. The van der Waals surface area contributed by atoms with Crippen LogP contribution in [0.2, 0.25) is 5.02 Å². The van der Waals surface area contributed by atoms with Crippen molar-refractivity contribution in [1.29, 1.82) is 0 Å². The first-order valence-electron chi connectivity index (χ1n) is 17.0. The van der Waals surface area contributed by atoms with Gasteiger partial charge in [-0.3, -0.25) is 14.4 Å². The molecule has 3 amide bonds.